The maximum atomic E-state index is 5.73. The lowest BCUT2D eigenvalue weighted by atomic mass is 9.98. The first-order valence-corrected chi connectivity index (χ1v) is 4.43. The minimum atomic E-state index is 0.334. The van der Waals surface area contributed by atoms with Crippen LogP contribution in [-0.2, 0) is 0 Å². The second-order valence-electron chi connectivity index (χ2n) is 3.70. The number of hydrogen-bond acceptors (Lipinski definition) is 1. The molecule has 0 fully saturated rings. The van der Waals surface area contributed by atoms with E-state index in [1.165, 1.54) is 18.4 Å². The molecule has 1 nitrogen and oxygen atoms in total. The second-order valence-corrected chi connectivity index (χ2v) is 3.70. The molecule has 0 bridgehead atoms. The number of allylic oxidation sites excluding steroid dienone is 2. The third-order valence-electron chi connectivity index (χ3n) is 2.07. The van der Waals surface area contributed by atoms with Crippen LogP contribution in [0.4, 0.5) is 0 Å². The zero-order valence-electron chi connectivity index (χ0n) is 8.22. The van der Waals surface area contributed by atoms with Gasteiger partial charge in [-0.15, -0.1) is 0 Å². The molecule has 2 N–H and O–H groups in total. The first kappa shape index (κ1) is 10.7. The van der Waals surface area contributed by atoms with Crippen molar-refractivity contribution >= 4 is 0 Å². The fraction of sp³-hybridized carbons (Fsp3) is 0.800. The minimum absolute atomic E-state index is 0.334. The molecule has 0 aromatic carbocycles. The molecule has 0 spiro atoms. The summed E-state index contributed by atoms with van der Waals surface area (Å²) in [6, 6.07) is 0.334. The Hall–Kier alpha value is -0.300. The monoisotopic (exact) mass is 155 g/mol. The van der Waals surface area contributed by atoms with Crippen LogP contribution in [0.5, 0.6) is 0 Å². The Bertz CT molecular complexity index is 121. The summed E-state index contributed by atoms with van der Waals surface area (Å²) in [4.78, 5) is 0. The Morgan fingerprint density at radius 3 is 2.27 bits per heavy atom. The molecule has 0 aliphatic rings. The topological polar surface area (TPSA) is 26.0 Å². The van der Waals surface area contributed by atoms with E-state index >= 15 is 0 Å². The Labute approximate surface area is 70.7 Å². The van der Waals surface area contributed by atoms with Gasteiger partial charge in [0.25, 0.3) is 0 Å². The highest BCUT2D eigenvalue weighted by Gasteiger charge is 2.04. The molecule has 2 unspecified atom stereocenters. The van der Waals surface area contributed by atoms with Crippen molar-refractivity contribution < 1.29 is 0 Å². The van der Waals surface area contributed by atoms with Crippen molar-refractivity contribution in [3.8, 4) is 0 Å². The normalized spacial score (nSPS) is 15.7. The SMILES string of the molecule is CC(C)=CCCC(C)C(C)N. The van der Waals surface area contributed by atoms with E-state index in [4.69, 9.17) is 5.73 Å². The number of hydrogen-bond donors (Lipinski definition) is 1. The molecular formula is C10H21N. The zero-order chi connectivity index (χ0) is 8.85. The molecule has 66 valence electrons. The molecule has 0 aliphatic heterocycles. The summed E-state index contributed by atoms with van der Waals surface area (Å²) in [5.41, 5.74) is 7.14. The van der Waals surface area contributed by atoms with E-state index in [9.17, 15) is 0 Å². The van der Waals surface area contributed by atoms with E-state index in [1.54, 1.807) is 0 Å². The van der Waals surface area contributed by atoms with Crippen LogP contribution in [0.25, 0.3) is 0 Å². The molecule has 1 heteroatoms. The van der Waals surface area contributed by atoms with Crippen LogP contribution in [0.2, 0.25) is 0 Å². The summed E-state index contributed by atoms with van der Waals surface area (Å²) < 4.78 is 0. The summed E-state index contributed by atoms with van der Waals surface area (Å²) in [7, 11) is 0. The smallest absolute Gasteiger partial charge is 0.00362 e. The van der Waals surface area contributed by atoms with Crippen molar-refractivity contribution in [3.63, 3.8) is 0 Å². The van der Waals surface area contributed by atoms with Crippen LogP contribution in [0.1, 0.15) is 40.5 Å². The van der Waals surface area contributed by atoms with E-state index in [-0.39, 0.29) is 0 Å². The lowest BCUT2D eigenvalue weighted by molar-refractivity contribution is 0.454. The minimum Gasteiger partial charge on any atom is -0.328 e. The molecule has 0 heterocycles. The Balaban J connectivity index is 3.47. The highest BCUT2D eigenvalue weighted by Crippen LogP contribution is 2.09. The lowest BCUT2D eigenvalue weighted by Crippen LogP contribution is -2.23. The van der Waals surface area contributed by atoms with Crippen molar-refractivity contribution in [2.75, 3.05) is 0 Å². The van der Waals surface area contributed by atoms with Crippen molar-refractivity contribution in [1.82, 2.24) is 0 Å². The van der Waals surface area contributed by atoms with Crippen LogP contribution >= 0.6 is 0 Å². The van der Waals surface area contributed by atoms with Crippen LogP contribution < -0.4 is 5.73 Å². The van der Waals surface area contributed by atoms with Gasteiger partial charge in [-0.25, -0.2) is 0 Å². The molecule has 0 saturated carbocycles. The summed E-state index contributed by atoms with van der Waals surface area (Å²) in [5, 5.41) is 0. The van der Waals surface area contributed by atoms with Gasteiger partial charge in [0.05, 0.1) is 0 Å². The standard InChI is InChI=1S/C10H21N/c1-8(2)6-5-7-9(3)10(4)11/h6,9-10H,5,7,11H2,1-4H3. The first-order valence-electron chi connectivity index (χ1n) is 4.43. The van der Waals surface area contributed by atoms with Gasteiger partial charge in [-0.2, -0.15) is 0 Å². The Morgan fingerprint density at radius 2 is 1.91 bits per heavy atom. The van der Waals surface area contributed by atoms with E-state index in [0.29, 0.717) is 12.0 Å². The molecule has 0 rings (SSSR count). The predicted molar refractivity (Wildman–Crippen MR) is 51.5 cm³/mol. The van der Waals surface area contributed by atoms with Crippen LogP contribution in [0.15, 0.2) is 11.6 Å². The van der Waals surface area contributed by atoms with Crippen molar-refractivity contribution in [2.45, 2.75) is 46.6 Å². The fourth-order valence-electron chi connectivity index (χ4n) is 0.898. The van der Waals surface area contributed by atoms with Gasteiger partial charge in [-0.1, -0.05) is 18.6 Å². The van der Waals surface area contributed by atoms with Gasteiger partial charge < -0.3 is 5.73 Å². The van der Waals surface area contributed by atoms with Gasteiger partial charge in [0.2, 0.25) is 0 Å². The van der Waals surface area contributed by atoms with E-state index in [2.05, 4.69) is 33.8 Å². The lowest BCUT2D eigenvalue weighted by Gasteiger charge is -2.13. The molecule has 0 saturated heterocycles. The van der Waals surface area contributed by atoms with Crippen LogP contribution in [-0.4, -0.2) is 6.04 Å². The summed E-state index contributed by atoms with van der Waals surface area (Å²) in [6.45, 7) is 8.56. The largest absolute Gasteiger partial charge is 0.328 e. The molecule has 0 aromatic heterocycles. The predicted octanol–water partition coefficient (Wildman–Crippen LogP) is 2.72. The quantitative estimate of drug-likeness (QED) is 0.621. The molecule has 0 aliphatic carbocycles. The van der Waals surface area contributed by atoms with E-state index in [1.807, 2.05) is 0 Å². The maximum Gasteiger partial charge on any atom is 0.00362 e. The zero-order valence-corrected chi connectivity index (χ0v) is 8.22. The third-order valence-corrected chi connectivity index (χ3v) is 2.07. The van der Waals surface area contributed by atoms with Gasteiger partial charge in [0.15, 0.2) is 0 Å². The maximum absolute atomic E-state index is 5.73. The highest BCUT2D eigenvalue weighted by atomic mass is 14.6. The molecule has 0 radical (unpaired) electrons. The van der Waals surface area contributed by atoms with Gasteiger partial charge in [-0.05, 0) is 39.5 Å². The average molecular weight is 155 g/mol. The summed E-state index contributed by atoms with van der Waals surface area (Å²) in [6.07, 6.45) is 4.66. The van der Waals surface area contributed by atoms with Crippen molar-refractivity contribution in [3.05, 3.63) is 11.6 Å². The molecule has 0 amide bonds. The van der Waals surface area contributed by atoms with Gasteiger partial charge in [0.1, 0.15) is 0 Å². The van der Waals surface area contributed by atoms with Crippen LogP contribution in [0.3, 0.4) is 0 Å². The third kappa shape index (κ3) is 6.11. The number of nitrogens with two attached hydrogens (primary N) is 1. The average Bonchev–Trinajstić information content (AvgIpc) is 1.86. The van der Waals surface area contributed by atoms with Crippen molar-refractivity contribution in [2.24, 2.45) is 11.7 Å². The summed E-state index contributed by atoms with van der Waals surface area (Å²) in [5.74, 6) is 0.644. The molecule has 11 heavy (non-hydrogen) atoms. The van der Waals surface area contributed by atoms with Crippen molar-refractivity contribution in [1.29, 1.82) is 0 Å². The Kier molecular flexibility index (Phi) is 5.22. The molecule has 0 aromatic rings. The van der Waals surface area contributed by atoms with Gasteiger partial charge >= 0.3 is 0 Å². The van der Waals surface area contributed by atoms with E-state index < -0.39 is 0 Å². The Morgan fingerprint density at radius 1 is 1.36 bits per heavy atom. The van der Waals surface area contributed by atoms with E-state index in [0.717, 1.165) is 0 Å². The fourth-order valence-corrected chi connectivity index (χ4v) is 0.898. The van der Waals surface area contributed by atoms with Gasteiger partial charge in [-0.3, -0.25) is 0 Å². The molecule has 2 atom stereocenters. The second kappa shape index (κ2) is 5.36. The van der Waals surface area contributed by atoms with Gasteiger partial charge in [0, 0.05) is 6.04 Å². The summed E-state index contributed by atoms with van der Waals surface area (Å²) >= 11 is 0. The molecular weight excluding hydrogens is 134 g/mol. The number of rotatable bonds is 4. The highest BCUT2D eigenvalue weighted by molar-refractivity contribution is 4.92. The first-order chi connectivity index (χ1) is 5.04. The van der Waals surface area contributed by atoms with Crippen LogP contribution in [0, 0.1) is 5.92 Å².